The van der Waals surface area contributed by atoms with E-state index in [2.05, 4.69) is 30.3 Å². The lowest BCUT2D eigenvalue weighted by atomic mass is 10.2. The van der Waals surface area contributed by atoms with E-state index >= 15 is 0 Å². The number of halogens is 1. The van der Waals surface area contributed by atoms with Crippen LogP contribution in [0.3, 0.4) is 0 Å². The van der Waals surface area contributed by atoms with Gasteiger partial charge in [0.1, 0.15) is 0 Å². The fourth-order valence-electron chi connectivity index (χ4n) is 1.91. The third kappa shape index (κ3) is 6.88. The standard InChI is InChI=1S/C13H17ClN6O5S2/c1-8-3-4-9(27(23,24)25)7-10(8)17-13-19-11(14)18-12(20-13)15-5-6-16-26(2,21)22/h3-4,7,16H,5-6H2,1-2H3,(H,23,24,25)(H2,15,17,18,19,20). The number of hydrogen-bond donors (Lipinski definition) is 4. The molecular formula is C13H17ClN6O5S2. The summed E-state index contributed by atoms with van der Waals surface area (Å²) in [5.74, 6) is 0.126. The third-order valence-corrected chi connectivity index (χ3v) is 4.88. The lowest BCUT2D eigenvalue weighted by Crippen LogP contribution is -2.28. The molecule has 0 spiro atoms. The van der Waals surface area contributed by atoms with Crippen LogP contribution in [-0.4, -0.2) is 55.7 Å². The molecule has 148 valence electrons. The highest BCUT2D eigenvalue weighted by Crippen LogP contribution is 2.23. The molecule has 0 radical (unpaired) electrons. The summed E-state index contributed by atoms with van der Waals surface area (Å²) in [7, 11) is -7.67. The van der Waals surface area contributed by atoms with E-state index in [4.69, 9.17) is 16.2 Å². The molecule has 1 aromatic heterocycles. The van der Waals surface area contributed by atoms with Crippen LogP contribution in [-0.2, 0) is 20.1 Å². The Labute approximate surface area is 161 Å². The number of rotatable bonds is 8. The molecule has 1 aromatic carbocycles. The Morgan fingerprint density at radius 3 is 2.37 bits per heavy atom. The van der Waals surface area contributed by atoms with Crippen LogP contribution in [0, 0.1) is 6.92 Å². The second-order valence-corrected chi connectivity index (χ2v) is 9.01. The van der Waals surface area contributed by atoms with Gasteiger partial charge in [0.05, 0.1) is 11.2 Å². The normalized spacial score (nSPS) is 12.0. The van der Waals surface area contributed by atoms with Crippen LogP contribution in [0.25, 0.3) is 0 Å². The average Bonchev–Trinajstić information content (AvgIpc) is 2.51. The monoisotopic (exact) mass is 436 g/mol. The van der Waals surface area contributed by atoms with Gasteiger partial charge in [-0.2, -0.15) is 23.4 Å². The summed E-state index contributed by atoms with van der Waals surface area (Å²) in [4.78, 5) is 11.6. The molecule has 2 rings (SSSR count). The molecular weight excluding hydrogens is 420 g/mol. The topological polar surface area (TPSA) is 163 Å². The van der Waals surface area contributed by atoms with Gasteiger partial charge in [-0.15, -0.1) is 0 Å². The molecule has 2 aromatic rings. The van der Waals surface area contributed by atoms with Crippen molar-refractivity contribution in [3.05, 3.63) is 29.0 Å². The van der Waals surface area contributed by atoms with Gasteiger partial charge in [-0.25, -0.2) is 13.1 Å². The molecule has 4 N–H and O–H groups in total. The molecule has 0 amide bonds. The minimum atomic E-state index is -4.37. The number of anilines is 3. The molecule has 27 heavy (non-hydrogen) atoms. The summed E-state index contributed by atoms with van der Waals surface area (Å²) in [5, 5.41) is 5.46. The van der Waals surface area contributed by atoms with Gasteiger partial charge in [-0.05, 0) is 36.2 Å². The first kappa shape index (κ1) is 21.2. The summed E-state index contributed by atoms with van der Waals surface area (Å²) in [6.45, 7) is 2.03. The summed E-state index contributed by atoms with van der Waals surface area (Å²) >= 11 is 5.86. The van der Waals surface area contributed by atoms with Gasteiger partial charge in [0.15, 0.2) is 0 Å². The quantitative estimate of drug-likeness (QED) is 0.343. The number of benzene rings is 1. The Hall–Kier alpha value is -2.06. The number of aromatic nitrogens is 3. The summed E-state index contributed by atoms with van der Waals surface area (Å²) in [5.41, 5.74) is 1.02. The SMILES string of the molecule is Cc1ccc(S(=O)(=O)O)cc1Nc1nc(Cl)nc(NCCNS(C)(=O)=O)n1. The highest BCUT2D eigenvalue weighted by atomic mass is 35.5. The van der Waals surface area contributed by atoms with Crippen molar-refractivity contribution >= 4 is 49.3 Å². The fraction of sp³-hybridized carbons (Fsp3) is 0.308. The van der Waals surface area contributed by atoms with E-state index in [-0.39, 0.29) is 35.2 Å². The molecule has 0 atom stereocenters. The molecule has 0 aliphatic rings. The van der Waals surface area contributed by atoms with E-state index in [9.17, 15) is 16.8 Å². The first-order valence-corrected chi connectivity index (χ1v) is 11.1. The molecule has 0 aliphatic heterocycles. The van der Waals surface area contributed by atoms with E-state index in [1.54, 1.807) is 6.92 Å². The number of hydrogen-bond acceptors (Lipinski definition) is 9. The van der Waals surface area contributed by atoms with Crippen molar-refractivity contribution in [1.82, 2.24) is 19.7 Å². The largest absolute Gasteiger partial charge is 0.353 e. The molecule has 0 bridgehead atoms. The maximum absolute atomic E-state index is 11.3. The van der Waals surface area contributed by atoms with Gasteiger partial charge in [-0.3, -0.25) is 4.55 Å². The molecule has 0 fully saturated rings. The van der Waals surface area contributed by atoms with Crippen LogP contribution >= 0.6 is 11.6 Å². The van der Waals surface area contributed by atoms with Crippen molar-refractivity contribution < 1.29 is 21.4 Å². The minimum Gasteiger partial charge on any atom is -0.353 e. The van der Waals surface area contributed by atoms with Crippen molar-refractivity contribution in [1.29, 1.82) is 0 Å². The number of nitrogens with one attached hydrogen (secondary N) is 3. The summed E-state index contributed by atoms with van der Waals surface area (Å²) < 4.78 is 56.0. The highest BCUT2D eigenvalue weighted by Gasteiger charge is 2.13. The molecule has 1 heterocycles. The zero-order chi connectivity index (χ0) is 20.2. The second kappa shape index (κ2) is 8.31. The summed E-state index contributed by atoms with van der Waals surface area (Å²) in [6.07, 6.45) is 1.04. The van der Waals surface area contributed by atoms with Gasteiger partial charge in [0, 0.05) is 18.8 Å². The van der Waals surface area contributed by atoms with Crippen molar-refractivity contribution in [3.8, 4) is 0 Å². The molecule has 14 heteroatoms. The van der Waals surface area contributed by atoms with E-state index in [0.717, 1.165) is 6.26 Å². The molecule has 0 saturated heterocycles. The molecule has 0 unspecified atom stereocenters. The Balaban J connectivity index is 2.17. The first-order valence-electron chi connectivity index (χ1n) is 7.39. The van der Waals surface area contributed by atoms with Gasteiger partial charge >= 0.3 is 0 Å². The smallest absolute Gasteiger partial charge is 0.294 e. The molecule has 0 aliphatic carbocycles. The van der Waals surface area contributed by atoms with Crippen LogP contribution in [0.15, 0.2) is 23.1 Å². The molecule has 11 nitrogen and oxygen atoms in total. The van der Waals surface area contributed by atoms with Crippen LogP contribution in [0.1, 0.15) is 5.56 Å². The number of nitrogens with zero attached hydrogens (tertiary/aromatic N) is 3. The highest BCUT2D eigenvalue weighted by molar-refractivity contribution is 7.88. The lowest BCUT2D eigenvalue weighted by Gasteiger charge is -2.11. The van der Waals surface area contributed by atoms with E-state index < -0.39 is 20.1 Å². The van der Waals surface area contributed by atoms with Crippen LogP contribution in [0.5, 0.6) is 0 Å². The lowest BCUT2D eigenvalue weighted by molar-refractivity contribution is 0.483. The summed E-state index contributed by atoms with van der Waals surface area (Å²) in [6, 6.07) is 3.99. The van der Waals surface area contributed by atoms with Gasteiger partial charge in [0.2, 0.25) is 27.2 Å². The Morgan fingerprint density at radius 1 is 1.07 bits per heavy atom. The Bertz CT molecular complexity index is 1050. The first-order chi connectivity index (χ1) is 12.4. The average molecular weight is 437 g/mol. The maximum atomic E-state index is 11.3. The predicted molar refractivity (Wildman–Crippen MR) is 100 cm³/mol. The predicted octanol–water partition coefficient (Wildman–Crippen LogP) is 0.785. The maximum Gasteiger partial charge on any atom is 0.294 e. The fourth-order valence-corrected chi connectivity index (χ4v) is 3.05. The second-order valence-electron chi connectivity index (χ2n) is 5.42. The number of aryl methyl sites for hydroxylation is 1. The molecule has 0 saturated carbocycles. The zero-order valence-electron chi connectivity index (χ0n) is 14.3. The van der Waals surface area contributed by atoms with Gasteiger partial charge < -0.3 is 10.6 Å². The Kier molecular flexibility index (Phi) is 6.54. The number of sulfonamides is 1. The van der Waals surface area contributed by atoms with Crippen molar-refractivity contribution in [2.45, 2.75) is 11.8 Å². The van der Waals surface area contributed by atoms with Crippen LogP contribution in [0.4, 0.5) is 17.6 Å². The zero-order valence-corrected chi connectivity index (χ0v) is 16.7. The van der Waals surface area contributed by atoms with Gasteiger partial charge in [-0.1, -0.05) is 6.07 Å². The Morgan fingerprint density at radius 2 is 1.74 bits per heavy atom. The van der Waals surface area contributed by atoms with Crippen molar-refractivity contribution in [3.63, 3.8) is 0 Å². The van der Waals surface area contributed by atoms with Crippen LogP contribution in [0.2, 0.25) is 5.28 Å². The van der Waals surface area contributed by atoms with Crippen LogP contribution < -0.4 is 15.4 Å². The van der Waals surface area contributed by atoms with Crippen molar-refractivity contribution in [2.75, 3.05) is 30.0 Å². The minimum absolute atomic E-state index is 0.0316. The van der Waals surface area contributed by atoms with E-state index in [0.29, 0.717) is 11.3 Å². The van der Waals surface area contributed by atoms with Gasteiger partial charge in [0.25, 0.3) is 10.1 Å². The van der Waals surface area contributed by atoms with E-state index in [1.165, 1.54) is 18.2 Å². The van der Waals surface area contributed by atoms with Crippen molar-refractivity contribution in [2.24, 2.45) is 0 Å². The van der Waals surface area contributed by atoms with E-state index in [1.807, 2.05) is 0 Å². The third-order valence-electron chi connectivity index (χ3n) is 3.13.